The van der Waals surface area contributed by atoms with Gasteiger partial charge in [0, 0.05) is 23.1 Å². The van der Waals surface area contributed by atoms with E-state index in [0.29, 0.717) is 27.1 Å². The largest absolute Gasteiger partial charge is 0.464 e. The highest BCUT2D eigenvalue weighted by Gasteiger charge is 2.15. The quantitative estimate of drug-likeness (QED) is 0.388. The first-order chi connectivity index (χ1) is 13.0. The normalized spacial score (nSPS) is 11.8. The predicted molar refractivity (Wildman–Crippen MR) is 105 cm³/mol. The van der Waals surface area contributed by atoms with E-state index in [1.165, 1.54) is 35.8 Å². The number of hydrogen-bond donors (Lipinski definition) is 1. The molecule has 3 heterocycles. The molecule has 0 saturated carbocycles. The Morgan fingerprint density at radius 3 is 2.93 bits per heavy atom. The molecule has 1 aromatic carbocycles. The van der Waals surface area contributed by atoms with Crippen LogP contribution in [0.4, 0.5) is 5.69 Å². The van der Waals surface area contributed by atoms with Crippen LogP contribution >= 0.6 is 22.9 Å². The zero-order valence-corrected chi connectivity index (χ0v) is 15.1. The number of furan rings is 1. The van der Waals surface area contributed by atoms with Crippen molar-refractivity contribution in [3.8, 4) is 11.3 Å². The summed E-state index contributed by atoms with van der Waals surface area (Å²) in [6, 6.07) is 9.52. The minimum absolute atomic E-state index is 0.0496. The molecule has 0 aliphatic carbocycles. The Balaban J connectivity index is 1.77. The first-order valence-electron chi connectivity index (χ1n) is 7.70. The van der Waals surface area contributed by atoms with E-state index in [1.807, 2.05) is 0 Å². The maximum absolute atomic E-state index is 12.6. The number of nitrogens with one attached hydrogen (secondary N) is 1. The number of H-pyrrole nitrogens is 1. The summed E-state index contributed by atoms with van der Waals surface area (Å²) in [4.78, 5) is 30.6. The van der Waals surface area contributed by atoms with Crippen molar-refractivity contribution >= 4 is 50.0 Å². The number of aromatic amines is 1. The number of halogens is 1. The first kappa shape index (κ1) is 17.2. The van der Waals surface area contributed by atoms with Crippen molar-refractivity contribution in [1.82, 2.24) is 9.97 Å². The van der Waals surface area contributed by atoms with E-state index in [0.717, 1.165) is 0 Å². The molecule has 0 saturated heterocycles. The Labute approximate surface area is 160 Å². The van der Waals surface area contributed by atoms with E-state index in [1.54, 1.807) is 29.6 Å². The number of benzene rings is 1. The van der Waals surface area contributed by atoms with Crippen molar-refractivity contribution < 1.29 is 9.34 Å². The van der Waals surface area contributed by atoms with Gasteiger partial charge in [0.15, 0.2) is 5.82 Å². The second-order valence-corrected chi connectivity index (χ2v) is 6.83. The Bertz CT molecular complexity index is 1240. The Morgan fingerprint density at radius 2 is 2.19 bits per heavy atom. The zero-order chi connectivity index (χ0) is 19.0. The van der Waals surface area contributed by atoms with Crippen LogP contribution in [-0.4, -0.2) is 14.9 Å². The third kappa shape index (κ3) is 3.27. The zero-order valence-electron chi connectivity index (χ0n) is 13.5. The van der Waals surface area contributed by atoms with Gasteiger partial charge in [0.25, 0.3) is 11.2 Å². The molecule has 1 N–H and O–H groups in total. The summed E-state index contributed by atoms with van der Waals surface area (Å²) in [6.45, 7) is 0. The maximum atomic E-state index is 12.6. The molecule has 3 aromatic heterocycles. The van der Waals surface area contributed by atoms with E-state index in [2.05, 4.69) is 9.97 Å². The summed E-state index contributed by atoms with van der Waals surface area (Å²) in [7, 11) is 0. The Morgan fingerprint density at radius 1 is 1.33 bits per heavy atom. The van der Waals surface area contributed by atoms with Gasteiger partial charge in [0.2, 0.25) is 0 Å². The average Bonchev–Trinajstić information content (AvgIpc) is 3.31. The first-order valence-corrected chi connectivity index (χ1v) is 8.96. The summed E-state index contributed by atoms with van der Waals surface area (Å²) in [5.41, 5.74) is 0.804. The van der Waals surface area contributed by atoms with E-state index in [-0.39, 0.29) is 22.1 Å². The number of thiophene rings is 1. The van der Waals surface area contributed by atoms with Gasteiger partial charge in [0.05, 0.1) is 21.6 Å². The van der Waals surface area contributed by atoms with Crippen LogP contribution in [0.2, 0.25) is 0 Å². The lowest BCUT2D eigenvalue weighted by atomic mass is 10.2. The van der Waals surface area contributed by atoms with Gasteiger partial charge < -0.3 is 9.40 Å². The third-order valence-electron chi connectivity index (χ3n) is 3.83. The molecule has 27 heavy (non-hydrogen) atoms. The minimum Gasteiger partial charge on any atom is -0.464 e. The van der Waals surface area contributed by atoms with Crippen LogP contribution in [0.1, 0.15) is 11.4 Å². The molecular weight excluding hydrogens is 390 g/mol. The highest BCUT2D eigenvalue weighted by molar-refractivity contribution is 7.17. The van der Waals surface area contributed by atoms with Crippen molar-refractivity contribution in [3.63, 3.8) is 0 Å². The van der Waals surface area contributed by atoms with Crippen molar-refractivity contribution in [1.29, 1.82) is 0 Å². The van der Waals surface area contributed by atoms with Gasteiger partial charge >= 0.3 is 0 Å². The van der Waals surface area contributed by atoms with Crippen LogP contribution in [-0.2, 0) is 0 Å². The van der Waals surface area contributed by atoms with Crippen LogP contribution in [0.3, 0.4) is 0 Å². The van der Waals surface area contributed by atoms with Gasteiger partial charge in [0.1, 0.15) is 10.6 Å². The number of hydrogen-bond acceptors (Lipinski definition) is 6. The van der Waals surface area contributed by atoms with Crippen LogP contribution in [0, 0.1) is 10.1 Å². The molecule has 0 amide bonds. The van der Waals surface area contributed by atoms with Crippen molar-refractivity contribution in [2.24, 2.45) is 0 Å². The molecule has 0 spiro atoms. The summed E-state index contributed by atoms with van der Waals surface area (Å²) >= 11 is 7.60. The van der Waals surface area contributed by atoms with Crippen molar-refractivity contribution in [2.45, 2.75) is 0 Å². The molecular formula is C18H10ClN3O4S. The van der Waals surface area contributed by atoms with Gasteiger partial charge in [-0.3, -0.25) is 14.9 Å². The predicted octanol–water partition coefficient (Wildman–Crippen LogP) is 4.89. The lowest BCUT2D eigenvalue weighted by molar-refractivity contribution is -0.384. The van der Waals surface area contributed by atoms with Crippen LogP contribution < -0.4 is 5.56 Å². The Hall–Kier alpha value is -3.23. The van der Waals surface area contributed by atoms with E-state index in [9.17, 15) is 14.9 Å². The van der Waals surface area contributed by atoms with Crippen molar-refractivity contribution in [2.75, 3.05) is 0 Å². The fraction of sp³-hybridized carbons (Fsp3) is 0. The molecule has 9 heteroatoms. The smallest absolute Gasteiger partial charge is 0.270 e. The molecule has 4 rings (SSSR count). The monoisotopic (exact) mass is 399 g/mol. The number of aromatic nitrogens is 2. The molecule has 0 unspecified atom stereocenters. The lowest BCUT2D eigenvalue weighted by Crippen LogP contribution is -2.10. The molecule has 4 aromatic rings. The summed E-state index contributed by atoms with van der Waals surface area (Å²) in [5, 5.41) is 13.3. The highest BCUT2D eigenvalue weighted by atomic mass is 35.5. The van der Waals surface area contributed by atoms with Crippen LogP contribution in [0.15, 0.2) is 57.3 Å². The third-order valence-corrected chi connectivity index (χ3v) is 4.99. The molecule has 0 radical (unpaired) electrons. The van der Waals surface area contributed by atoms with Crippen LogP contribution in [0.25, 0.3) is 32.6 Å². The fourth-order valence-electron chi connectivity index (χ4n) is 2.62. The van der Waals surface area contributed by atoms with Crippen LogP contribution in [0.5, 0.6) is 0 Å². The molecule has 0 bridgehead atoms. The fourth-order valence-corrected chi connectivity index (χ4v) is 3.76. The van der Waals surface area contributed by atoms with Gasteiger partial charge in [-0.2, -0.15) is 0 Å². The summed E-state index contributed by atoms with van der Waals surface area (Å²) in [5.74, 6) is 0.771. The SMILES string of the molecule is O=c1[nH]c(/C(Cl)=C/c2cccc([N+](=O)[O-])c2)nc2scc(-c3ccco3)c12. The molecule has 0 atom stereocenters. The van der Waals surface area contributed by atoms with E-state index >= 15 is 0 Å². The molecule has 0 fully saturated rings. The topological polar surface area (TPSA) is 102 Å². The van der Waals surface area contributed by atoms with Gasteiger partial charge in [-0.1, -0.05) is 23.7 Å². The second-order valence-electron chi connectivity index (χ2n) is 5.57. The summed E-state index contributed by atoms with van der Waals surface area (Å²) < 4.78 is 5.36. The number of rotatable bonds is 4. The number of nitro groups is 1. The van der Waals surface area contributed by atoms with E-state index in [4.69, 9.17) is 16.0 Å². The van der Waals surface area contributed by atoms with E-state index < -0.39 is 4.92 Å². The second kappa shape index (κ2) is 6.82. The standard InChI is InChI=1S/C18H10ClN3O4S/c19-13(8-10-3-1-4-11(7-10)22(24)25)16-20-17(23)15-12(9-27-18(15)21-16)14-5-2-6-26-14/h1-9H,(H,20,21,23)/b13-8-. The molecule has 0 aliphatic heterocycles. The van der Waals surface area contributed by atoms with Crippen molar-refractivity contribution in [3.05, 3.63) is 79.9 Å². The van der Waals surface area contributed by atoms with Gasteiger partial charge in [-0.05, 0) is 23.8 Å². The van der Waals surface area contributed by atoms with Gasteiger partial charge in [-0.25, -0.2) is 4.98 Å². The molecule has 0 aliphatic rings. The Kier molecular flexibility index (Phi) is 4.35. The number of nitrogens with zero attached hydrogens (tertiary/aromatic N) is 2. The summed E-state index contributed by atoms with van der Waals surface area (Å²) in [6.07, 6.45) is 3.05. The maximum Gasteiger partial charge on any atom is 0.270 e. The number of nitro benzene ring substituents is 1. The lowest BCUT2D eigenvalue weighted by Gasteiger charge is -2.01. The molecule has 7 nitrogen and oxygen atoms in total. The number of non-ortho nitro benzene ring substituents is 1. The molecule has 134 valence electrons. The number of fused-ring (bicyclic) bond motifs is 1. The van der Waals surface area contributed by atoms with Gasteiger partial charge in [-0.15, -0.1) is 11.3 Å². The average molecular weight is 400 g/mol. The highest BCUT2D eigenvalue weighted by Crippen LogP contribution is 2.32. The minimum atomic E-state index is -0.487.